The first-order valence-corrected chi connectivity index (χ1v) is 25.2. The summed E-state index contributed by atoms with van der Waals surface area (Å²) in [6.07, 6.45) is -14.7. The lowest BCUT2D eigenvalue weighted by molar-refractivity contribution is -0.384. The topological polar surface area (TPSA) is 367 Å². The molecule has 2 heterocycles. The van der Waals surface area contributed by atoms with Gasteiger partial charge in [-0.25, -0.2) is 19.2 Å². The second-order valence-electron chi connectivity index (χ2n) is 23.4. The predicted molar refractivity (Wildman–Crippen MR) is 271 cm³/mol. The Bertz CT molecular complexity index is 2220. The summed E-state index contributed by atoms with van der Waals surface area (Å²) in [5.74, 6) is -2.34. The summed E-state index contributed by atoms with van der Waals surface area (Å²) in [5, 5.41) is 83.2. The van der Waals surface area contributed by atoms with Crippen molar-refractivity contribution in [3.05, 3.63) is 51.8 Å². The molecule has 0 aromatic heterocycles. The Balaban J connectivity index is 1.78. The summed E-state index contributed by atoms with van der Waals surface area (Å²) in [7, 11) is 1.29. The molecule has 2 aliphatic heterocycles. The molecule has 0 spiro atoms. The zero-order valence-corrected chi connectivity index (χ0v) is 46.3. The number of aliphatic hydroxyl groups is 5. The number of hydrogen-bond donors (Lipinski definition) is 10. The maximum Gasteiger partial charge on any atom is 0.410 e. The lowest BCUT2D eigenvalue weighted by Crippen LogP contribution is -2.71. The second-order valence-corrected chi connectivity index (χ2v) is 23.4. The summed E-state index contributed by atoms with van der Waals surface area (Å²) >= 11 is 0. The molecule has 1 saturated heterocycles. The molecule has 27 nitrogen and oxygen atoms in total. The van der Waals surface area contributed by atoms with Gasteiger partial charge >= 0.3 is 24.4 Å². The smallest absolute Gasteiger partial charge is 0.410 e. The van der Waals surface area contributed by atoms with Crippen LogP contribution >= 0.6 is 0 Å². The Kier molecular flexibility index (Phi) is 21.5. The van der Waals surface area contributed by atoms with Crippen molar-refractivity contribution in [3.8, 4) is 0 Å². The fourth-order valence-electron chi connectivity index (χ4n) is 8.75. The number of hydrogen-bond acceptors (Lipinski definition) is 21. The quantitative estimate of drug-likeness (QED) is 0.0463. The molecule has 2 fully saturated rings. The fraction of sp³-hybridized carbons (Fsp3) is 0.740. The van der Waals surface area contributed by atoms with Gasteiger partial charge in [0, 0.05) is 31.1 Å². The van der Waals surface area contributed by atoms with Crippen LogP contribution in [0.15, 0.2) is 36.1 Å². The van der Waals surface area contributed by atoms with Gasteiger partial charge in [0.1, 0.15) is 59.2 Å². The minimum Gasteiger partial charge on any atom is -0.491 e. The van der Waals surface area contributed by atoms with E-state index in [2.05, 4.69) is 26.6 Å². The van der Waals surface area contributed by atoms with Crippen LogP contribution in [0.4, 0.5) is 24.9 Å². The van der Waals surface area contributed by atoms with Gasteiger partial charge in [-0.05, 0) is 127 Å². The zero-order valence-electron chi connectivity index (χ0n) is 46.3. The molecule has 1 aromatic carbocycles. The first-order valence-electron chi connectivity index (χ1n) is 25.2. The van der Waals surface area contributed by atoms with E-state index in [9.17, 15) is 59.6 Å². The van der Waals surface area contributed by atoms with Crippen molar-refractivity contribution >= 4 is 36.0 Å². The van der Waals surface area contributed by atoms with Gasteiger partial charge in [0.05, 0.1) is 54.5 Å². The van der Waals surface area contributed by atoms with Crippen molar-refractivity contribution in [1.29, 1.82) is 0 Å². The normalized spacial score (nSPS) is 27.8. The van der Waals surface area contributed by atoms with Crippen LogP contribution in [0, 0.1) is 16.0 Å². The Hall–Kier alpha value is -5.65. The van der Waals surface area contributed by atoms with Crippen molar-refractivity contribution in [2.45, 2.75) is 205 Å². The number of carbonyl (C=O) groups excluding carboxylic acids is 5. The van der Waals surface area contributed by atoms with E-state index in [0.717, 1.165) is 4.90 Å². The van der Waals surface area contributed by atoms with Crippen molar-refractivity contribution in [3.63, 3.8) is 0 Å². The minimum atomic E-state index is -1.94. The molecule has 0 radical (unpaired) electrons. The van der Waals surface area contributed by atoms with E-state index in [4.69, 9.17) is 37.9 Å². The third-order valence-corrected chi connectivity index (χ3v) is 11.8. The van der Waals surface area contributed by atoms with Crippen molar-refractivity contribution < 1.29 is 92.3 Å². The van der Waals surface area contributed by atoms with Crippen molar-refractivity contribution in [1.82, 2.24) is 31.5 Å². The number of nitrogens with zero attached hydrogens (tertiary/aromatic N) is 2. The van der Waals surface area contributed by atoms with Gasteiger partial charge in [0.25, 0.3) is 11.6 Å². The van der Waals surface area contributed by atoms with Crippen LogP contribution in [-0.2, 0) is 49.3 Å². The summed E-state index contributed by atoms with van der Waals surface area (Å²) < 4.78 is 46.5. The van der Waals surface area contributed by atoms with E-state index in [1.54, 1.807) is 89.2 Å². The van der Waals surface area contributed by atoms with Crippen LogP contribution in [-0.4, -0.2) is 188 Å². The molecule has 436 valence electrons. The van der Waals surface area contributed by atoms with E-state index in [1.165, 1.54) is 38.2 Å². The Morgan fingerprint density at radius 3 is 1.99 bits per heavy atom. The maximum atomic E-state index is 13.9. The van der Waals surface area contributed by atoms with Gasteiger partial charge in [-0.3, -0.25) is 20.2 Å². The molecule has 1 aromatic rings. The molecule has 2 unspecified atom stereocenters. The van der Waals surface area contributed by atoms with E-state index >= 15 is 0 Å². The van der Waals surface area contributed by atoms with Crippen LogP contribution in [0.25, 0.3) is 0 Å². The zero-order chi connectivity index (χ0) is 58.2. The standard InChI is InChI=1S/C50H81N7O20/c1-46(2,3)74-42(63)52-23-32(58)39(61)53-31-21-30(55-44(65)76-48(7,8)9)33(34(59)37(31)73-40-35(60)38(50(13,67)25-71-40)56(14)45(66)77-49(10,11)12)36-29(54-43(64)75-47(4,5)6)20-19-28(72-36)22-51-41(62)70-24-26-15-17-27(18-16-26)57(68)69/h15-19,29-38,40,43,54,58-60,64,67H,20-25H2,1-14H3,(H,51,62)(H,52,63)(H,53,61)(H,55,65)/t29-,30+,31-,32+,33-,34+,35-,36?,37+,38-,40-,43?,50+/m1/s1. The van der Waals surface area contributed by atoms with Gasteiger partial charge in [-0.1, -0.05) is 0 Å². The number of rotatable bonds is 17. The molecule has 13 atom stereocenters. The highest BCUT2D eigenvalue weighted by Crippen LogP contribution is 2.39. The average Bonchev–Trinajstić information content (AvgIpc) is 3.26. The molecule has 0 bridgehead atoms. The van der Waals surface area contributed by atoms with Crippen molar-refractivity contribution in [2.24, 2.45) is 5.92 Å². The molecule has 1 aliphatic carbocycles. The van der Waals surface area contributed by atoms with Gasteiger partial charge < -0.3 is 89.6 Å². The van der Waals surface area contributed by atoms with Gasteiger partial charge in [0.15, 0.2) is 6.29 Å². The van der Waals surface area contributed by atoms with Gasteiger partial charge in [-0.15, -0.1) is 0 Å². The van der Waals surface area contributed by atoms with Crippen LogP contribution in [0.2, 0.25) is 0 Å². The minimum absolute atomic E-state index is 0.0210. The number of benzene rings is 1. The number of nitrogens with one attached hydrogen (secondary N) is 5. The predicted octanol–water partition coefficient (Wildman–Crippen LogP) is 2.28. The highest BCUT2D eigenvalue weighted by Gasteiger charge is 2.56. The first kappa shape index (κ1) is 63.9. The molecule has 27 heteroatoms. The average molecular weight is 1100 g/mol. The summed E-state index contributed by atoms with van der Waals surface area (Å²) in [6.45, 7) is 19.2. The number of non-ortho nitro benzene ring substituents is 1. The Labute approximate surface area is 448 Å². The number of ether oxygens (including phenoxy) is 8. The molecule has 5 amide bonds. The molecule has 3 aliphatic rings. The van der Waals surface area contributed by atoms with Crippen LogP contribution in [0.5, 0.6) is 0 Å². The number of carbonyl (C=O) groups is 5. The molecular weight excluding hydrogens is 1020 g/mol. The Morgan fingerprint density at radius 2 is 1.42 bits per heavy atom. The molecule has 77 heavy (non-hydrogen) atoms. The summed E-state index contributed by atoms with van der Waals surface area (Å²) in [6, 6.07) is 0.230. The summed E-state index contributed by atoms with van der Waals surface area (Å²) in [4.78, 5) is 78.1. The first-order chi connectivity index (χ1) is 35.3. The molecule has 1 saturated carbocycles. The molecular formula is C50H81N7O20. The van der Waals surface area contributed by atoms with E-state index in [0.29, 0.717) is 5.56 Å². The van der Waals surface area contributed by atoms with Gasteiger partial charge in [0.2, 0.25) is 6.41 Å². The maximum absolute atomic E-state index is 13.9. The largest absolute Gasteiger partial charge is 0.491 e. The monoisotopic (exact) mass is 1100 g/mol. The third-order valence-electron chi connectivity index (χ3n) is 11.8. The second kappa shape index (κ2) is 25.9. The third kappa shape index (κ3) is 20.0. The van der Waals surface area contributed by atoms with Crippen LogP contribution in [0.1, 0.15) is 108 Å². The number of nitro benzene ring substituents is 1. The lowest BCUT2D eigenvalue weighted by atomic mass is 9.72. The van der Waals surface area contributed by atoms with Crippen LogP contribution < -0.4 is 26.6 Å². The number of amides is 5. The molecule has 4 rings (SSSR count). The number of likely N-dealkylation sites (N-methyl/N-ethyl adjacent to an activating group) is 1. The Morgan fingerprint density at radius 1 is 0.818 bits per heavy atom. The van der Waals surface area contributed by atoms with Crippen molar-refractivity contribution in [2.75, 3.05) is 26.7 Å². The number of aliphatic hydroxyl groups excluding tert-OH is 4. The lowest BCUT2D eigenvalue weighted by Gasteiger charge is -2.52. The summed E-state index contributed by atoms with van der Waals surface area (Å²) in [5.41, 5.74) is -5.46. The van der Waals surface area contributed by atoms with E-state index < -0.39 is 150 Å². The van der Waals surface area contributed by atoms with Gasteiger partial charge in [-0.2, -0.15) is 0 Å². The van der Waals surface area contributed by atoms with E-state index in [-0.39, 0.29) is 37.4 Å². The van der Waals surface area contributed by atoms with Crippen LogP contribution in [0.3, 0.4) is 0 Å². The SMILES string of the molecule is CN(C(=O)OC(C)(C)C)[C@@H]1[C@@H](O)[C@@H](O[C@@H]2[C@@H](O)[C@H](C3OC(CNC(=O)OCc4ccc([N+](=O)[O-])cc4)=CC[C@H]3NC(O)OC(C)(C)C)[C@@H](NC(=O)OC(C)(C)C)C[C@H]2NC(=O)[C@@H](O)CNC(=O)OC(C)(C)C)OC[C@]1(C)O. The van der Waals surface area contributed by atoms with E-state index in [1.807, 2.05) is 0 Å². The highest BCUT2D eigenvalue weighted by atomic mass is 16.7. The fourth-order valence-corrected chi connectivity index (χ4v) is 8.75. The number of nitro groups is 1. The number of alkyl carbamates (subject to hydrolysis) is 3. The molecule has 10 N–H and O–H groups in total. The highest BCUT2D eigenvalue weighted by molar-refractivity contribution is 5.82.